The van der Waals surface area contributed by atoms with Crippen LogP contribution in [0.2, 0.25) is 0 Å². The SMILES string of the molecule is CC(C)C[C@H](NC(=O)c1cnc(-c2cccnn2)nc1O)c1ccc(C#N)cc1. The van der Waals surface area contributed by atoms with Crippen molar-refractivity contribution in [2.24, 2.45) is 5.92 Å². The van der Waals surface area contributed by atoms with Crippen molar-refractivity contribution in [1.82, 2.24) is 25.5 Å². The van der Waals surface area contributed by atoms with Crippen LogP contribution in [0.1, 0.15) is 47.8 Å². The summed E-state index contributed by atoms with van der Waals surface area (Å²) in [5.74, 6) is -0.415. The van der Waals surface area contributed by atoms with E-state index < -0.39 is 11.8 Å². The Morgan fingerprint density at radius 3 is 2.59 bits per heavy atom. The topological polar surface area (TPSA) is 125 Å². The van der Waals surface area contributed by atoms with Gasteiger partial charge in [-0.2, -0.15) is 15.3 Å². The molecule has 3 aromatic rings. The summed E-state index contributed by atoms with van der Waals surface area (Å²) in [6, 6.07) is 12.2. The Morgan fingerprint density at radius 1 is 1.24 bits per heavy atom. The number of nitriles is 1. The van der Waals surface area contributed by atoms with Crippen LogP contribution in [0.15, 0.2) is 48.8 Å². The average Bonchev–Trinajstić information content (AvgIpc) is 2.73. The minimum atomic E-state index is -0.483. The van der Waals surface area contributed by atoms with Crippen LogP contribution in [0.4, 0.5) is 0 Å². The smallest absolute Gasteiger partial charge is 0.258 e. The Hall–Kier alpha value is -3.86. The molecule has 1 amide bonds. The molecule has 0 bridgehead atoms. The Bertz CT molecular complexity index is 1030. The van der Waals surface area contributed by atoms with Gasteiger partial charge < -0.3 is 10.4 Å². The third-order valence-corrected chi connectivity index (χ3v) is 4.27. The molecule has 146 valence electrons. The molecule has 29 heavy (non-hydrogen) atoms. The standard InChI is InChI=1S/C21H20N6O2/c1-13(2)10-18(15-7-5-14(11-22)6-8-15)25-20(28)16-12-23-19(26-21(16)29)17-4-3-9-24-27-17/h3-9,12-13,18H,10H2,1-2H3,(H,25,28)(H,23,26,29)/t18-/m0/s1. The van der Waals surface area contributed by atoms with E-state index in [-0.39, 0.29) is 17.4 Å². The highest BCUT2D eigenvalue weighted by atomic mass is 16.3. The van der Waals surface area contributed by atoms with Crippen LogP contribution in [-0.4, -0.2) is 31.2 Å². The fourth-order valence-electron chi connectivity index (χ4n) is 2.85. The van der Waals surface area contributed by atoms with Crippen LogP contribution in [-0.2, 0) is 0 Å². The zero-order valence-corrected chi connectivity index (χ0v) is 16.1. The van der Waals surface area contributed by atoms with Crippen LogP contribution in [0.5, 0.6) is 5.88 Å². The average molecular weight is 388 g/mol. The van der Waals surface area contributed by atoms with Crippen molar-refractivity contribution in [3.63, 3.8) is 0 Å². The number of hydrogen-bond donors (Lipinski definition) is 2. The molecule has 2 aromatic heterocycles. The van der Waals surface area contributed by atoms with Crippen molar-refractivity contribution in [1.29, 1.82) is 5.26 Å². The number of amides is 1. The van der Waals surface area contributed by atoms with Gasteiger partial charge in [0, 0.05) is 12.4 Å². The molecule has 8 nitrogen and oxygen atoms in total. The normalized spacial score (nSPS) is 11.7. The van der Waals surface area contributed by atoms with Crippen molar-refractivity contribution in [2.75, 3.05) is 0 Å². The maximum atomic E-state index is 12.8. The molecule has 0 aliphatic carbocycles. The number of carbonyl (C=O) groups excluding carboxylic acids is 1. The second-order valence-electron chi connectivity index (χ2n) is 6.93. The first-order valence-corrected chi connectivity index (χ1v) is 9.13. The summed E-state index contributed by atoms with van der Waals surface area (Å²) >= 11 is 0. The van der Waals surface area contributed by atoms with E-state index in [1.54, 1.807) is 24.3 Å². The molecule has 0 unspecified atom stereocenters. The van der Waals surface area contributed by atoms with Gasteiger partial charge in [-0.3, -0.25) is 4.79 Å². The molecule has 0 saturated heterocycles. The van der Waals surface area contributed by atoms with Crippen LogP contribution < -0.4 is 5.32 Å². The summed E-state index contributed by atoms with van der Waals surface area (Å²) in [6.07, 6.45) is 3.48. The highest BCUT2D eigenvalue weighted by Gasteiger charge is 2.21. The molecule has 2 heterocycles. The molecule has 8 heteroatoms. The minimum Gasteiger partial charge on any atom is -0.493 e. The van der Waals surface area contributed by atoms with Gasteiger partial charge in [0.2, 0.25) is 5.88 Å². The quantitative estimate of drug-likeness (QED) is 0.665. The predicted octanol–water partition coefficient (Wildman–Crippen LogP) is 3.03. The lowest BCUT2D eigenvalue weighted by molar-refractivity contribution is 0.0928. The first kappa shape index (κ1) is 19.9. The maximum absolute atomic E-state index is 12.8. The van der Waals surface area contributed by atoms with Crippen molar-refractivity contribution >= 4 is 5.91 Å². The molecular formula is C21H20N6O2. The van der Waals surface area contributed by atoms with Gasteiger partial charge in [0.05, 0.1) is 17.7 Å². The zero-order chi connectivity index (χ0) is 20.8. The van der Waals surface area contributed by atoms with E-state index in [0.29, 0.717) is 23.6 Å². The van der Waals surface area contributed by atoms with Crippen LogP contribution >= 0.6 is 0 Å². The van der Waals surface area contributed by atoms with E-state index in [4.69, 9.17) is 5.26 Å². The Morgan fingerprint density at radius 2 is 2.00 bits per heavy atom. The molecule has 3 rings (SSSR count). The fourth-order valence-corrected chi connectivity index (χ4v) is 2.85. The monoisotopic (exact) mass is 388 g/mol. The first-order valence-electron chi connectivity index (χ1n) is 9.13. The van der Waals surface area contributed by atoms with Gasteiger partial charge in [0.1, 0.15) is 11.3 Å². The van der Waals surface area contributed by atoms with Crippen molar-refractivity contribution in [3.8, 4) is 23.5 Å². The van der Waals surface area contributed by atoms with Crippen molar-refractivity contribution in [3.05, 3.63) is 65.5 Å². The Balaban J connectivity index is 1.82. The number of aromatic nitrogens is 4. The molecule has 2 N–H and O–H groups in total. The largest absolute Gasteiger partial charge is 0.493 e. The lowest BCUT2D eigenvalue weighted by Crippen LogP contribution is -2.30. The van der Waals surface area contributed by atoms with Gasteiger partial charge in [-0.1, -0.05) is 26.0 Å². The van der Waals surface area contributed by atoms with Crippen LogP contribution in [0.25, 0.3) is 11.5 Å². The van der Waals surface area contributed by atoms with E-state index >= 15 is 0 Å². The van der Waals surface area contributed by atoms with Crippen LogP contribution in [0, 0.1) is 17.2 Å². The van der Waals surface area contributed by atoms with E-state index in [9.17, 15) is 9.90 Å². The van der Waals surface area contributed by atoms with Crippen molar-refractivity contribution in [2.45, 2.75) is 26.3 Å². The molecule has 1 aromatic carbocycles. The number of benzene rings is 1. The summed E-state index contributed by atoms with van der Waals surface area (Å²) in [4.78, 5) is 20.9. The van der Waals surface area contributed by atoms with E-state index in [1.165, 1.54) is 12.4 Å². The molecule has 0 aliphatic heterocycles. The lowest BCUT2D eigenvalue weighted by atomic mass is 9.96. The first-order chi connectivity index (χ1) is 14.0. The molecule has 0 spiro atoms. The van der Waals surface area contributed by atoms with Gasteiger partial charge in [0.25, 0.3) is 5.91 Å². The minimum absolute atomic E-state index is 0.0277. The van der Waals surface area contributed by atoms with Crippen molar-refractivity contribution < 1.29 is 9.90 Å². The van der Waals surface area contributed by atoms with Gasteiger partial charge in [-0.15, -0.1) is 5.10 Å². The van der Waals surface area contributed by atoms with Gasteiger partial charge in [-0.25, -0.2) is 4.98 Å². The predicted molar refractivity (Wildman–Crippen MR) is 106 cm³/mol. The summed E-state index contributed by atoms with van der Waals surface area (Å²) in [5.41, 5.74) is 1.79. The van der Waals surface area contributed by atoms with Gasteiger partial charge in [0.15, 0.2) is 5.82 Å². The third kappa shape index (κ3) is 4.90. The lowest BCUT2D eigenvalue weighted by Gasteiger charge is -2.21. The fraction of sp³-hybridized carbons (Fsp3) is 0.238. The molecule has 0 saturated carbocycles. The number of nitrogens with one attached hydrogen (secondary N) is 1. The summed E-state index contributed by atoms with van der Waals surface area (Å²) < 4.78 is 0. The van der Waals surface area contributed by atoms with Gasteiger partial charge in [-0.05, 0) is 42.2 Å². The third-order valence-electron chi connectivity index (χ3n) is 4.27. The molecular weight excluding hydrogens is 368 g/mol. The highest BCUT2D eigenvalue weighted by Crippen LogP contribution is 2.24. The zero-order valence-electron chi connectivity index (χ0n) is 16.1. The Kier molecular flexibility index (Phi) is 6.09. The second-order valence-corrected chi connectivity index (χ2v) is 6.93. The number of carbonyl (C=O) groups is 1. The Labute approximate surface area is 168 Å². The number of hydrogen-bond acceptors (Lipinski definition) is 7. The number of aromatic hydroxyl groups is 1. The molecule has 0 radical (unpaired) electrons. The van der Waals surface area contributed by atoms with E-state index in [2.05, 4.69) is 45.4 Å². The van der Waals surface area contributed by atoms with E-state index in [0.717, 1.165) is 5.56 Å². The maximum Gasteiger partial charge on any atom is 0.258 e. The summed E-state index contributed by atoms with van der Waals surface area (Å²) in [7, 11) is 0. The molecule has 0 aliphatic rings. The van der Waals surface area contributed by atoms with Crippen LogP contribution in [0.3, 0.4) is 0 Å². The molecule has 1 atom stereocenters. The number of rotatable bonds is 6. The summed E-state index contributed by atoms with van der Waals surface area (Å²) in [6.45, 7) is 4.11. The second kappa shape index (κ2) is 8.89. The number of nitrogens with zero attached hydrogens (tertiary/aromatic N) is 5. The van der Waals surface area contributed by atoms with Gasteiger partial charge >= 0.3 is 0 Å². The van der Waals surface area contributed by atoms with E-state index in [1.807, 2.05) is 12.1 Å². The highest BCUT2D eigenvalue weighted by molar-refractivity contribution is 5.96. The summed E-state index contributed by atoms with van der Waals surface area (Å²) in [5, 5.41) is 29.8. The molecule has 0 fully saturated rings.